The van der Waals surface area contributed by atoms with Gasteiger partial charge >= 0.3 is 0 Å². The molecule has 1 saturated carbocycles. The van der Waals surface area contributed by atoms with Crippen LogP contribution in [0.4, 0.5) is 5.13 Å². The van der Waals surface area contributed by atoms with Crippen molar-refractivity contribution in [1.82, 2.24) is 9.97 Å². The van der Waals surface area contributed by atoms with Gasteiger partial charge in [0.25, 0.3) is 0 Å². The highest BCUT2D eigenvalue weighted by Gasteiger charge is 2.22. The molecule has 1 aromatic carbocycles. The molecule has 4 rings (SSSR count). The van der Waals surface area contributed by atoms with Crippen molar-refractivity contribution in [3.63, 3.8) is 0 Å². The van der Waals surface area contributed by atoms with Gasteiger partial charge in [-0.05, 0) is 36.6 Å². The molecule has 0 amide bonds. The van der Waals surface area contributed by atoms with Crippen LogP contribution in [0.15, 0.2) is 35.8 Å². The summed E-state index contributed by atoms with van der Waals surface area (Å²) in [7, 11) is 1.55. The van der Waals surface area contributed by atoms with Crippen molar-refractivity contribution in [2.45, 2.75) is 18.9 Å². The first-order valence-electron chi connectivity index (χ1n) is 7.86. The minimum Gasteiger partial charge on any atom is -0.480 e. The molecule has 1 fully saturated rings. The summed E-state index contributed by atoms with van der Waals surface area (Å²) in [5, 5.41) is 7.54. The summed E-state index contributed by atoms with van der Waals surface area (Å²) in [6, 6.07) is 8.15. The van der Waals surface area contributed by atoms with Crippen LogP contribution in [0.3, 0.4) is 0 Å². The molecule has 25 heavy (non-hydrogen) atoms. The number of hydrogen-bond donors (Lipinski definition) is 1. The van der Waals surface area contributed by atoms with E-state index in [4.69, 9.17) is 32.9 Å². The normalized spacial score (nSPS) is 13.7. The van der Waals surface area contributed by atoms with Gasteiger partial charge < -0.3 is 10.1 Å². The standard InChI is InChI=1S/C18H15Cl2N3OS/c1-24-17-15(20)6-10(8-21-17)13-5-2-11(19)7-14(13)16-9-25-18(23-16)22-12-3-4-12/h2,5-9,12H,3-4H2,1H3,(H,22,23). The van der Waals surface area contributed by atoms with E-state index in [0.29, 0.717) is 22.0 Å². The highest BCUT2D eigenvalue weighted by atomic mass is 35.5. The first kappa shape index (κ1) is 16.6. The molecular formula is C18H15Cl2N3OS. The number of rotatable bonds is 5. The number of nitrogens with one attached hydrogen (secondary N) is 1. The van der Waals surface area contributed by atoms with E-state index >= 15 is 0 Å². The number of nitrogens with zero attached hydrogens (tertiary/aromatic N) is 2. The summed E-state index contributed by atoms with van der Waals surface area (Å²) < 4.78 is 5.13. The molecule has 128 valence electrons. The number of halogens is 2. The Kier molecular flexibility index (Phi) is 4.54. The highest BCUT2D eigenvalue weighted by molar-refractivity contribution is 7.14. The first-order chi connectivity index (χ1) is 12.1. The lowest BCUT2D eigenvalue weighted by atomic mass is 9.99. The average Bonchev–Trinajstić information content (AvgIpc) is 3.29. The largest absolute Gasteiger partial charge is 0.480 e. The molecule has 0 saturated heterocycles. The predicted octanol–water partition coefficient (Wildman–Crippen LogP) is 5.76. The lowest BCUT2D eigenvalue weighted by molar-refractivity contribution is 0.398. The van der Waals surface area contributed by atoms with Gasteiger partial charge in [0.2, 0.25) is 5.88 Å². The van der Waals surface area contributed by atoms with E-state index < -0.39 is 0 Å². The number of ether oxygens (including phenoxy) is 1. The number of thiazole rings is 1. The Bertz CT molecular complexity index is 924. The Hall–Kier alpha value is -1.82. The number of hydrogen-bond acceptors (Lipinski definition) is 5. The van der Waals surface area contributed by atoms with Crippen molar-refractivity contribution >= 4 is 39.7 Å². The van der Waals surface area contributed by atoms with Gasteiger partial charge in [-0.15, -0.1) is 11.3 Å². The fourth-order valence-corrected chi connectivity index (χ4v) is 3.77. The van der Waals surface area contributed by atoms with Crippen LogP contribution in [0.1, 0.15) is 12.8 Å². The third-order valence-electron chi connectivity index (χ3n) is 3.98. The van der Waals surface area contributed by atoms with E-state index in [9.17, 15) is 0 Å². The van der Waals surface area contributed by atoms with Crippen molar-refractivity contribution in [3.8, 4) is 28.3 Å². The third-order valence-corrected chi connectivity index (χ3v) is 5.26. The predicted molar refractivity (Wildman–Crippen MR) is 104 cm³/mol. The van der Waals surface area contributed by atoms with Gasteiger partial charge in [0.1, 0.15) is 5.02 Å². The van der Waals surface area contributed by atoms with Gasteiger partial charge in [-0.1, -0.05) is 29.3 Å². The van der Waals surface area contributed by atoms with E-state index in [1.54, 1.807) is 24.6 Å². The van der Waals surface area contributed by atoms with Crippen molar-refractivity contribution in [2.24, 2.45) is 0 Å². The summed E-state index contributed by atoms with van der Waals surface area (Å²) in [6.45, 7) is 0. The zero-order valence-electron chi connectivity index (χ0n) is 13.4. The fourth-order valence-electron chi connectivity index (χ4n) is 2.57. The number of pyridine rings is 1. The van der Waals surface area contributed by atoms with E-state index in [1.165, 1.54) is 12.8 Å². The topological polar surface area (TPSA) is 47.0 Å². The van der Waals surface area contributed by atoms with E-state index in [1.807, 2.05) is 29.6 Å². The van der Waals surface area contributed by atoms with Gasteiger partial charge in [0.15, 0.2) is 5.13 Å². The molecule has 2 aromatic heterocycles. The monoisotopic (exact) mass is 391 g/mol. The van der Waals surface area contributed by atoms with Crippen molar-refractivity contribution in [2.75, 3.05) is 12.4 Å². The zero-order valence-corrected chi connectivity index (χ0v) is 15.8. The highest BCUT2D eigenvalue weighted by Crippen LogP contribution is 2.38. The SMILES string of the molecule is COc1ncc(-c2ccc(Cl)cc2-c2csc(NC3CC3)n2)cc1Cl. The van der Waals surface area contributed by atoms with Crippen LogP contribution in [0, 0.1) is 0 Å². The molecule has 0 aliphatic heterocycles. The quantitative estimate of drug-likeness (QED) is 0.600. The Balaban J connectivity index is 1.75. The molecule has 7 heteroatoms. The minimum absolute atomic E-state index is 0.408. The van der Waals surface area contributed by atoms with Crippen molar-refractivity contribution < 1.29 is 4.74 Å². The summed E-state index contributed by atoms with van der Waals surface area (Å²) in [6.07, 6.45) is 4.17. The van der Waals surface area contributed by atoms with Crippen LogP contribution < -0.4 is 10.1 Å². The Morgan fingerprint density at radius 3 is 2.76 bits per heavy atom. The number of methoxy groups -OCH3 is 1. The maximum absolute atomic E-state index is 6.24. The molecule has 1 N–H and O–H groups in total. The molecule has 0 spiro atoms. The van der Waals surface area contributed by atoms with Crippen molar-refractivity contribution in [1.29, 1.82) is 0 Å². The summed E-state index contributed by atoms with van der Waals surface area (Å²) in [4.78, 5) is 8.98. The molecular weight excluding hydrogens is 377 g/mol. The van der Waals surface area contributed by atoms with E-state index in [2.05, 4.69) is 10.3 Å². The van der Waals surface area contributed by atoms with E-state index in [-0.39, 0.29) is 0 Å². The molecule has 1 aliphatic rings. The Morgan fingerprint density at radius 2 is 2.04 bits per heavy atom. The van der Waals surface area contributed by atoms with Gasteiger partial charge in [0, 0.05) is 33.8 Å². The van der Waals surface area contributed by atoms with Crippen LogP contribution >= 0.6 is 34.5 Å². The minimum atomic E-state index is 0.408. The molecule has 0 atom stereocenters. The zero-order chi connectivity index (χ0) is 17.4. The maximum atomic E-state index is 6.24. The Morgan fingerprint density at radius 1 is 1.20 bits per heavy atom. The van der Waals surface area contributed by atoms with E-state index in [0.717, 1.165) is 27.5 Å². The van der Waals surface area contributed by atoms with Gasteiger partial charge in [0.05, 0.1) is 12.8 Å². The van der Waals surface area contributed by atoms with Crippen molar-refractivity contribution in [3.05, 3.63) is 45.9 Å². The average molecular weight is 392 g/mol. The van der Waals surface area contributed by atoms with Crippen LogP contribution in [-0.4, -0.2) is 23.1 Å². The van der Waals surface area contributed by atoms with Crippen LogP contribution in [0.25, 0.3) is 22.4 Å². The lowest BCUT2D eigenvalue weighted by Gasteiger charge is -2.10. The number of anilines is 1. The molecule has 4 nitrogen and oxygen atoms in total. The second kappa shape index (κ2) is 6.83. The smallest absolute Gasteiger partial charge is 0.232 e. The molecule has 1 aliphatic carbocycles. The van der Waals surface area contributed by atoms with Gasteiger partial charge in [-0.25, -0.2) is 9.97 Å². The summed E-state index contributed by atoms with van der Waals surface area (Å²) >= 11 is 14.1. The second-order valence-electron chi connectivity index (χ2n) is 5.86. The molecule has 2 heterocycles. The van der Waals surface area contributed by atoms with Crippen LogP contribution in [-0.2, 0) is 0 Å². The molecule has 0 bridgehead atoms. The number of benzene rings is 1. The molecule has 0 unspecified atom stereocenters. The van der Waals surface area contributed by atoms with Gasteiger partial charge in [-0.3, -0.25) is 0 Å². The first-order valence-corrected chi connectivity index (χ1v) is 9.49. The van der Waals surface area contributed by atoms with Crippen LogP contribution in [0.5, 0.6) is 5.88 Å². The summed E-state index contributed by atoms with van der Waals surface area (Å²) in [5.41, 5.74) is 3.71. The third kappa shape index (κ3) is 3.59. The van der Waals surface area contributed by atoms with Gasteiger partial charge in [-0.2, -0.15) is 0 Å². The second-order valence-corrected chi connectivity index (χ2v) is 7.56. The number of aromatic nitrogens is 2. The van der Waals surface area contributed by atoms with Crippen LogP contribution in [0.2, 0.25) is 10.0 Å². The lowest BCUT2D eigenvalue weighted by Crippen LogP contribution is -1.99. The fraction of sp³-hybridized carbons (Fsp3) is 0.222. The Labute approximate surface area is 159 Å². The molecule has 3 aromatic rings. The maximum Gasteiger partial charge on any atom is 0.232 e. The summed E-state index contributed by atoms with van der Waals surface area (Å²) in [5.74, 6) is 0.408. The molecule has 0 radical (unpaired) electrons.